The smallest absolute Gasteiger partial charge is 0.311 e. The second-order valence-corrected chi connectivity index (χ2v) is 11.5. The normalized spacial score (nSPS) is 31.4. The first-order valence-electron chi connectivity index (χ1n) is 12.2. The third kappa shape index (κ3) is 3.65. The summed E-state index contributed by atoms with van der Waals surface area (Å²) < 4.78 is 4.41. The lowest BCUT2D eigenvalue weighted by molar-refractivity contribution is -0.152. The number of anilines is 1. The van der Waals surface area contributed by atoms with Gasteiger partial charge in [0, 0.05) is 11.8 Å². The lowest BCUT2D eigenvalue weighted by Crippen LogP contribution is -2.54. The molecule has 0 aromatic heterocycles. The minimum Gasteiger partial charge on any atom is -0.461 e. The van der Waals surface area contributed by atoms with Crippen molar-refractivity contribution in [2.75, 3.05) is 24.7 Å². The van der Waals surface area contributed by atoms with E-state index in [2.05, 4.69) is 0 Å². The molecular weight excluding hydrogens is 512 g/mol. The van der Waals surface area contributed by atoms with Crippen LogP contribution in [0.2, 0.25) is 5.02 Å². The number of aliphatic hydroxyl groups excluding tert-OH is 1. The number of benzene rings is 2. The van der Waals surface area contributed by atoms with Crippen LogP contribution in [0.3, 0.4) is 0 Å². The number of likely N-dealkylation sites (tertiary alicyclic amines) is 1. The molecule has 0 saturated carbocycles. The molecule has 1 unspecified atom stereocenters. The van der Waals surface area contributed by atoms with Crippen molar-refractivity contribution in [2.45, 2.75) is 22.1 Å². The van der Waals surface area contributed by atoms with Gasteiger partial charge < -0.3 is 19.6 Å². The molecule has 4 aliphatic rings. The van der Waals surface area contributed by atoms with Crippen molar-refractivity contribution in [3.8, 4) is 0 Å². The Bertz CT molecular complexity index is 1320. The largest absolute Gasteiger partial charge is 0.461 e. The van der Waals surface area contributed by atoms with Gasteiger partial charge in [-0.3, -0.25) is 14.4 Å². The van der Waals surface area contributed by atoms with E-state index in [1.165, 1.54) is 16.7 Å². The Labute approximate surface area is 223 Å². The number of hydrogen-bond donors (Lipinski definition) is 1. The minimum atomic E-state index is -1.01. The third-order valence-corrected chi connectivity index (χ3v) is 9.75. The van der Waals surface area contributed by atoms with E-state index in [0.29, 0.717) is 16.3 Å². The average Bonchev–Trinajstić information content (AvgIpc) is 3.20. The zero-order valence-corrected chi connectivity index (χ0v) is 21.3. The van der Waals surface area contributed by atoms with Crippen molar-refractivity contribution in [2.24, 2.45) is 11.8 Å². The van der Waals surface area contributed by atoms with Crippen LogP contribution in [0.4, 0.5) is 5.69 Å². The third-order valence-electron chi connectivity index (χ3n) is 7.69. The van der Waals surface area contributed by atoms with Gasteiger partial charge in [-0.25, -0.2) is 0 Å². The van der Waals surface area contributed by atoms with Gasteiger partial charge in [-0.05, 0) is 17.7 Å². The maximum atomic E-state index is 14.5. The predicted octanol–water partition coefficient (Wildman–Crippen LogP) is 3.39. The molecule has 9 heteroatoms. The number of carbonyl (C=O) groups is 3. The summed E-state index contributed by atoms with van der Waals surface area (Å²) in [5.74, 6) is -2.62. The summed E-state index contributed by atoms with van der Waals surface area (Å²) in [6, 6.07) is 14.5. The SMILES string of the molecule is O=C1OCC=C[C@H]2S[C@]34C=CCN(c5ccccc5Cl)C(=O)C3N([C@H](CO)c3ccccc3)C(=O)[C@@H]4[C@@H]12. The number of ether oxygens (including phenoxy) is 1. The first-order chi connectivity index (χ1) is 18.0. The molecule has 2 saturated heterocycles. The number of fused-ring (bicyclic) bond motifs is 2. The maximum Gasteiger partial charge on any atom is 0.311 e. The van der Waals surface area contributed by atoms with Gasteiger partial charge in [0.2, 0.25) is 5.91 Å². The fourth-order valence-corrected chi connectivity index (χ4v) is 8.39. The van der Waals surface area contributed by atoms with Crippen LogP contribution in [0.25, 0.3) is 0 Å². The standard InChI is InChI=1S/C28H25ClN2O5S/c29-18-10-4-5-11-19(18)30-14-7-13-28-23(22-21(37-28)12-6-15-36-27(22)35)25(33)31(24(28)26(30)34)20(16-32)17-8-2-1-3-9-17/h1-13,20-24,32H,14-16H2/t20-,21-,22+,23+,24?,28+/m1/s1. The van der Waals surface area contributed by atoms with Crippen LogP contribution in [-0.2, 0) is 19.1 Å². The number of cyclic esters (lactones) is 1. The van der Waals surface area contributed by atoms with Gasteiger partial charge in [0.15, 0.2) is 0 Å². The molecular formula is C28H25ClN2O5S. The van der Waals surface area contributed by atoms with Crippen molar-refractivity contribution >= 4 is 46.8 Å². The molecule has 7 nitrogen and oxygen atoms in total. The van der Waals surface area contributed by atoms with Crippen LogP contribution in [0.15, 0.2) is 78.9 Å². The Hall–Kier alpha value is -3.07. The second kappa shape index (κ2) is 9.35. The molecule has 4 heterocycles. The van der Waals surface area contributed by atoms with Gasteiger partial charge in [0.05, 0.1) is 39.9 Å². The number of para-hydroxylation sites is 1. The zero-order chi connectivity index (χ0) is 25.7. The Balaban J connectivity index is 1.53. The molecule has 1 spiro atoms. The molecule has 0 bridgehead atoms. The van der Waals surface area contributed by atoms with Crippen LogP contribution >= 0.6 is 23.4 Å². The van der Waals surface area contributed by atoms with Crippen LogP contribution in [-0.4, -0.2) is 63.6 Å². The summed E-state index contributed by atoms with van der Waals surface area (Å²) in [7, 11) is 0. The number of aliphatic hydroxyl groups is 1. The Morgan fingerprint density at radius 3 is 2.57 bits per heavy atom. The molecule has 2 aromatic carbocycles. The topological polar surface area (TPSA) is 87.2 Å². The van der Waals surface area contributed by atoms with Gasteiger partial charge >= 0.3 is 5.97 Å². The highest BCUT2D eigenvalue weighted by molar-refractivity contribution is 8.02. The van der Waals surface area contributed by atoms with E-state index in [4.69, 9.17) is 16.3 Å². The van der Waals surface area contributed by atoms with Crippen molar-refractivity contribution in [3.05, 3.63) is 89.5 Å². The first kappa shape index (κ1) is 24.3. The van der Waals surface area contributed by atoms with Gasteiger partial charge in [-0.2, -0.15) is 0 Å². The van der Waals surface area contributed by atoms with E-state index < -0.39 is 34.6 Å². The number of amides is 2. The van der Waals surface area contributed by atoms with Gasteiger partial charge in [-0.15, -0.1) is 11.8 Å². The number of carbonyl (C=O) groups excluding carboxylic acids is 3. The summed E-state index contributed by atoms with van der Waals surface area (Å²) in [4.78, 5) is 45.1. The molecule has 2 aromatic rings. The molecule has 1 N–H and O–H groups in total. The number of nitrogens with zero attached hydrogens (tertiary/aromatic N) is 2. The van der Waals surface area contributed by atoms with Crippen molar-refractivity contribution in [3.63, 3.8) is 0 Å². The molecule has 4 aliphatic heterocycles. The summed E-state index contributed by atoms with van der Waals surface area (Å²) in [5, 5.41) is 10.7. The second-order valence-electron chi connectivity index (χ2n) is 9.56. The Kier molecular flexibility index (Phi) is 6.13. The number of hydrogen-bond acceptors (Lipinski definition) is 6. The molecule has 190 valence electrons. The van der Waals surface area contributed by atoms with E-state index in [0.717, 1.165) is 0 Å². The molecule has 0 aliphatic carbocycles. The summed E-state index contributed by atoms with van der Waals surface area (Å²) in [6.45, 7) is 0.0495. The first-order valence-corrected chi connectivity index (χ1v) is 13.5. The van der Waals surface area contributed by atoms with E-state index in [9.17, 15) is 19.5 Å². The maximum absolute atomic E-state index is 14.5. The summed E-state index contributed by atoms with van der Waals surface area (Å²) in [5.41, 5.74) is 1.26. The summed E-state index contributed by atoms with van der Waals surface area (Å²) >= 11 is 7.97. The molecule has 2 amide bonds. The highest BCUT2D eigenvalue weighted by atomic mass is 35.5. The molecule has 37 heavy (non-hydrogen) atoms. The average molecular weight is 537 g/mol. The lowest BCUT2D eigenvalue weighted by Gasteiger charge is -2.38. The van der Waals surface area contributed by atoms with E-state index in [1.807, 2.05) is 54.6 Å². The van der Waals surface area contributed by atoms with Crippen LogP contribution in [0.5, 0.6) is 0 Å². The van der Waals surface area contributed by atoms with Crippen LogP contribution in [0.1, 0.15) is 11.6 Å². The molecule has 6 rings (SSSR count). The van der Waals surface area contributed by atoms with E-state index in [-0.39, 0.29) is 36.8 Å². The van der Waals surface area contributed by atoms with Crippen LogP contribution < -0.4 is 4.90 Å². The highest BCUT2D eigenvalue weighted by Gasteiger charge is 2.72. The van der Waals surface area contributed by atoms with Gasteiger partial charge in [-0.1, -0.05) is 78.4 Å². The molecule has 2 fully saturated rings. The van der Waals surface area contributed by atoms with Crippen molar-refractivity contribution < 1.29 is 24.2 Å². The fourth-order valence-electron chi connectivity index (χ4n) is 6.16. The Morgan fingerprint density at radius 1 is 1.05 bits per heavy atom. The predicted molar refractivity (Wildman–Crippen MR) is 141 cm³/mol. The quantitative estimate of drug-likeness (QED) is 0.476. The number of esters is 1. The van der Waals surface area contributed by atoms with Crippen molar-refractivity contribution in [1.82, 2.24) is 4.90 Å². The minimum absolute atomic E-state index is 0.159. The molecule has 6 atom stereocenters. The highest BCUT2D eigenvalue weighted by Crippen LogP contribution is 2.62. The number of halogens is 1. The Morgan fingerprint density at radius 2 is 1.81 bits per heavy atom. The van der Waals surface area contributed by atoms with Gasteiger partial charge in [0.25, 0.3) is 5.91 Å². The zero-order valence-electron chi connectivity index (χ0n) is 19.8. The van der Waals surface area contributed by atoms with E-state index in [1.54, 1.807) is 29.2 Å². The van der Waals surface area contributed by atoms with Crippen molar-refractivity contribution in [1.29, 1.82) is 0 Å². The monoisotopic (exact) mass is 536 g/mol. The van der Waals surface area contributed by atoms with E-state index >= 15 is 0 Å². The number of rotatable bonds is 4. The number of thioether (sulfide) groups is 1. The summed E-state index contributed by atoms with van der Waals surface area (Å²) in [6.07, 6.45) is 7.52. The fraction of sp³-hybridized carbons (Fsp3) is 0.321. The molecule has 0 radical (unpaired) electrons. The van der Waals surface area contributed by atoms with Gasteiger partial charge in [0.1, 0.15) is 12.6 Å². The van der Waals surface area contributed by atoms with Crippen LogP contribution in [0, 0.1) is 11.8 Å². The lowest BCUT2D eigenvalue weighted by atomic mass is 9.78.